The monoisotopic (exact) mass is 422 g/mol. The fourth-order valence-electron chi connectivity index (χ4n) is 3.98. The first kappa shape index (κ1) is 20.3. The predicted molar refractivity (Wildman–Crippen MR) is 124 cm³/mol. The highest BCUT2D eigenvalue weighted by molar-refractivity contribution is 7.80. The third-order valence-corrected chi connectivity index (χ3v) is 5.96. The molecule has 1 fully saturated rings. The van der Waals surface area contributed by atoms with E-state index >= 15 is 0 Å². The van der Waals surface area contributed by atoms with Crippen molar-refractivity contribution >= 4 is 40.3 Å². The Hall–Kier alpha value is -3.00. The minimum Gasteiger partial charge on any atom is -0.368 e. The Balaban J connectivity index is 1.39. The molecule has 1 saturated heterocycles. The summed E-state index contributed by atoms with van der Waals surface area (Å²) in [6, 6.07) is 12.2. The minimum absolute atomic E-state index is 0.0123. The van der Waals surface area contributed by atoms with Crippen molar-refractivity contribution in [1.82, 2.24) is 15.3 Å². The number of anilines is 2. The number of hydrazone groups is 1. The minimum atomic E-state index is 0.0123. The van der Waals surface area contributed by atoms with Crippen molar-refractivity contribution in [3.05, 3.63) is 53.9 Å². The maximum absolute atomic E-state index is 11.9. The second-order valence-electron chi connectivity index (χ2n) is 7.53. The van der Waals surface area contributed by atoms with Gasteiger partial charge in [-0.25, -0.2) is 0 Å². The van der Waals surface area contributed by atoms with Crippen LogP contribution in [0.15, 0.2) is 47.7 Å². The molecule has 0 spiro atoms. The number of nitrogens with zero attached hydrogens (tertiary/aromatic N) is 5. The third-order valence-electron chi connectivity index (χ3n) is 5.61. The largest absolute Gasteiger partial charge is 0.368 e. The molecule has 2 aromatic rings. The molecule has 30 heavy (non-hydrogen) atoms. The molecule has 1 aromatic carbocycles. The van der Waals surface area contributed by atoms with Crippen LogP contribution in [0.2, 0.25) is 0 Å². The number of carbonyl (C=O) groups excluding carboxylic acids is 1. The molecule has 2 aliphatic heterocycles. The van der Waals surface area contributed by atoms with E-state index < -0.39 is 0 Å². The summed E-state index contributed by atoms with van der Waals surface area (Å²) in [5.41, 5.74) is 8.00. The van der Waals surface area contributed by atoms with Crippen LogP contribution < -0.4 is 15.2 Å². The van der Waals surface area contributed by atoms with E-state index in [1.54, 1.807) is 18.0 Å². The van der Waals surface area contributed by atoms with Gasteiger partial charge in [0.25, 0.3) is 0 Å². The van der Waals surface area contributed by atoms with E-state index in [9.17, 15) is 4.79 Å². The average Bonchev–Trinajstić information content (AvgIpc) is 2.77. The molecular weight excluding hydrogens is 396 g/mol. The topological polar surface area (TPSA) is 64.1 Å². The van der Waals surface area contributed by atoms with Crippen molar-refractivity contribution in [3.63, 3.8) is 0 Å². The molecule has 3 heterocycles. The van der Waals surface area contributed by atoms with E-state index in [-0.39, 0.29) is 5.91 Å². The molecule has 1 aromatic heterocycles. The number of benzene rings is 1. The van der Waals surface area contributed by atoms with E-state index in [2.05, 4.69) is 56.5 Å². The molecule has 8 heteroatoms. The molecule has 0 saturated carbocycles. The molecule has 7 nitrogen and oxygen atoms in total. The van der Waals surface area contributed by atoms with E-state index in [1.807, 2.05) is 12.1 Å². The van der Waals surface area contributed by atoms with Crippen molar-refractivity contribution < 1.29 is 4.79 Å². The number of aromatic nitrogens is 1. The van der Waals surface area contributed by atoms with Gasteiger partial charge in [0.2, 0.25) is 5.91 Å². The third kappa shape index (κ3) is 4.14. The lowest BCUT2D eigenvalue weighted by Crippen LogP contribution is -2.51. The summed E-state index contributed by atoms with van der Waals surface area (Å²) in [5, 5.41) is 5.18. The summed E-state index contributed by atoms with van der Waals surface area (Å²) in [7, 11) is 0. The van der Waals surface area contributed by atoms with Gasteiger partial charge in [0.05, 0.1) is 11.4 Å². The zero-order valence-corrected chi connectivity index (χ0v) is 18.2. The first-order chi connectivity index (χ1) is 14.5. The van der Waals surface area contributed by atoms with Gasteiger partial charge in [-0.05, 0) is 42.9 Å². The molecule has 0 unspecified atom stereocenters. The highest BCUT2D eigenvalue weighted by Crippen LogP contribution is 2.25. The van der Waals surface area contributed by atoms with Gasteiger partial charge in [-0.2, -0.15) is 5.10 Å². The molecule has 1 amide bonds. The van der Waals surface area contributed by atoms with Crippen molar-refractivity contribution in [2.75, 3.05) is 42.5 Å². The summed E-state index contributed by atoms with van der Waals surface area (Å²) >= 11 is 5.59. The van der Waals surface area contributed by atoms with Crippen molar-refractivity contribution in [2.45, 2.75) is 20.3 Å². The second kappa shape index (κ2) is 8.79. The standard InChI is InChI=1S/C22H26N6OS/c1-16-6-3-4-7-19(16)26-12-14-27(15-13-26)22(30)25-24-18-9-11-28(17(2)29)20-8-5-10-23-21(18)20/h3-8,10H,9,11-15H2,1-2H3,(H,25,30)/b24-18-. The molecule has 0 atom stereocenters. The van der Waals surface area contributed by atoms with Crippen LogP contribution in [-0.4, -0.2) is 59.3 Å². The van der Waals surface area contributed by atoms with Crippen molar-refractivity contribution in [1.29, 1.82) is 0 Å². The summed E-state index contributed by atoms with van der Waals surface area (Å²) in [6.07, 6.45) is 2.36. The van der Waals surface area contributed by atoms with Crippen LogP contribution in [0.1, 0.15) is 24.6 Å². The fraction of sp³-hybridized carbons (Fsp3) is 0.364. The van der Waals surface area contributed by atoms with Gasteiger partial charge in [0, 0.05) is 58.0 Å². The Bertz CT molecular complexity index is 983. The van der Waals surface area contributed by atoms with Crippen LogP contribution in [0.3, 0.4) is 0 Å². The van der Waals surface area contributed by atoms with E-state index in [0.29, 0.717) is 18.1 Å². The number of hydrogen-bond donors (Lipinski definition) is 1. The van der Waals surface area contributed by atoms with Crippen LogP contribution in [0.4, 0.5) is 11.4 Å². The van der Waals surface area contributed by atoms with E-state index in [1.165, 1.54) is 11.3 Å². The molecule has 156 valence electrons. The summed E-state index contributed by atoms with van der Waals surface area (Å²) in [5.74, 6) is 0.0123. The Labute approximate surface area is 182 Å². The summed E-state index contributed by atoms with van der Waals surface area (Å²) in [4.78, 5) is 22.6. The highest BCUT2D eigenvalue weighted by atomic mass is 32.1. The molecule has 1 N–H and O–H groups in total. The molecule has 2 aliphatic rings. The lowest BCUT2D eigenvalue weighted by Gasteiger charge is -2.37. The number of amides is 1. The summed E-state index contributed by atoms with van der Waals surface area (Å²) < 4.78 is 0. The highest BCUT2D eigenvalue weighted by Gasteiger charge is 2.26. The van der Waals surface area contributed by atoms with Gasteiger partial charge in [-0.3, -0.25) is 15.2 Å². The molecule has 0 radical (unpaired) electrons. The number of pyridine rings is 1. The van der Waals surface area contributed by atoms with Gasteiger partial charge in [-0.1, -0.05) is 18.2 Å². The van der Waals surface area contributed by atoms with Crippen LogP contribution in [0, 0.1) is 6.92 Å². The van der Waals surface area contributed by atoms with Gasteiger partial charge < -0.3 is 14.7 Å². The predicted octanol–water partition coefficient (Wildman–Crippen LogP) is 2.55. The van der Waals surface area contributed by atoms with E-state index in [4.69, 9.17) is 12.2 Å². The number of fused-ring (bicyclic) bond motifs is 1. The van der Waals surface area contributed by atoms with Gasteiger partial charge in [-0.15, -0.1) is 0 Å². The van der Waals surface area contributed by atoms with Gasteiger partial charge in [0.1, 0.15) is 5.69 Å². The first-order valence-corrected chi connectivity index (χ1v) is 10.6. The van der Waals surface area contributed by atoms with Crippen molar-refractivity contribution in [2.24, 2.45) is 5.10 Å². The number of carbonyl (C=O) groups is 1. The lowest BCUT2D eigenvalue weighted by molar-refractivity contribution is -0.116. The maximum Gasteiger partial charge on any atom is 0.223 e. The Kier molecular flexibility index (Phi) is 5.94. The Morgan fingerprint density at radius 1 is 1.07 bits per heavy atom. The fourth-order valence-corrected chi connectivity index (χ4v) is 4.21. The van der Waals surface area contributed by atoms with E-state index in [0.717, 1.165) is 43.3 Å². The Morgan fingerprint density at radius 3 is 2.53 bits per heavy atom. The summed E-state index contributed by atoms with van der Waals surface area (Å²) in [6.45, 7) is 7.84. The van der Waals surface area contributed by atoms with Crippen LogP contribution in [0.5, 0.6) is 0 Å². The Morgan fingerprint density at radius 2 is 1.80 bits per heavy atom. The molecular formula is C22H26N6OS. The zero-order valence-electron chi connectivity index (χ0n) is 17.3. The SMILES string of the molecule is CC(=O)N1CC/C(=N/NC(=S)N2CCN(c3ccccc3C)CC2)c2ncccc21. The maximum atomic E-state index is 11.9. The smallest absolute Gasteiger partial charge is 0.223 e. The van der Waals surface area contributed by atoms with Crippen LogP contribution in [0.25, 0.3) is 0 Å². The van der Waals surface area contributed by atoms with Gasteiger partial charge >= 0.3 is 0 Å². The quantitative estimate of drug-likeness (QED) is 0.593. The first-order valence-electron chi connectivity index (χ1n) is 10.2. The number of hydrogen-bond acceptors (Lipinski definition) is 5. The molecule has 0 aliphatic carbocycles. The molecule has 0 bridgehead atoms. The normalized spacial score (nSPS) is 17.7. The van der Waals surface area contributed by atoms with Gasteiger partial charge in [0.15, 0.2) is 5.11 Å². The average molecular weight is 423 g/mol. The number of para-hydroxylation sites is 1. The lowest BCUT2D eigenvalue weighted by atomic mass is 10.1. The number of thiocarbonyl (C=S) groups is 1. The van der Waals surface area contributed by atoms with Crippen LogP contribution in [-0.2, 0) is 4.79 Å². The number of aryl methyl sites for hydroxylation is 1. The number of piperazine rings is 1. The molecule has 4 rings (SSSR count). The van der Waals surface area contributed by atoms with Crippen LogP contribution >= 0.6 is 12.2 Å². The number of rotatable bonds is 2. The zero-order chi connectivity index (χ0) is 21.1. The number of nitrogens with one attached hydrogen (secondary N) is 1. The van der Waals surface area contributed by atoms with Crippen molar-refractivity contribution in [3.8, 4) is 0 Å². The second-order valence-corrected chi connectivity index (χ2v) is 7.91.